The maximum Gasteiger partial charge on any atom is 0.282 e. The second-order valence-corrected chi connectivity index (χ2v) is 11.3. The number of hydroxylamine groups is 2. The Morgan fingerprint density at radius 3 is 1.76 bits per heavy atom. The summed E-state index contributed by atoms with van der Waals surface area (Å²) < 4.78 is 10.8. The van der Waals surface area contributed by atoms with Gasteiger partial charge in [-0.05, 0) is 51.7 Å². The van der Waals surface area contributed by atoms with E-state index in [-0.39, 0.29) is 47.6 Å². The summed E-state index contributed by atoms with van der Waals surface area (Å²) in [7, 11) is 5.99. The molecule has 0 saturated heterocycles. The Kier molecular flexibility index (Phi) is 18.1. The van der Waals surface area contributed by atoms with Gasteiger partial charge in [-0.2, -0.15) is 0 Å². The number of ether oxygens (including phenoxy) is 2. The Balaban J connectivity index is 0.000000364. The molecule has 0 aliphatic heterocycles. The van der Waals surface area contributed by atoms with Gasteiger partial charge >= 0.3 is 0 Å². The molecule has 46 heavy (non-hydrogen) atoms. The molecule has 0 aliphatic carbocycles. The van der Waals surface area contributed by atoms with Crippen LogP contribution >= 0.6 is 39.5 Å². The fraction of sp³-hybridized carbons (Fsp3) is 0.310. The molecule has 4 aromatic rings. The van der Waals surface area contributed by atoms with Crippen molar-refractivity contribution < 1.29 is 23.9 Å². The molecule has 14 nitrogen and oxygen atoms in total. The number of carbonyl (C=O) groups excluding carboxylic acids is 2. The second kappa shape index (κ2) is 20.9. The Labute approximate surface area is 285 Å². The van der Waals surface area contributed by atoms with Gasteiger partial charge in [0.05, 0.1) is 26.9 Å². The number of carbonyl (C=O) groups is 2. The quantitative estimate of drug-likeness (QED) is 0.0717. The number of hydrogen-bond acceptors (Lipinski definition) is 15. The Morgan fingerprint density at radius 2 is 1.33 bits per heavy atom. The molecule has 4 aromatic heterocycles. The lowest BCUT2D eigenvalue weighted by Crippen LogP contribution is -2.26. The lowest BCUT2D eigenvalue weighted by Gasteiger charge is -2.14. The predicted molar refractivity (Wildman–Crippen MR) is 184 cm³/mol. The minimum absolute atomic E-state index is 0. The van der Waals surface area contributed by atoms with Gasteiger partial charge in [0.2, 0.25) is 5.78 Å². The van der Waals surface area contributed by atoms with Gasteiger partial charge in [0.25, 0.3) is 5.91 Å². The van der Waals surface area contributed by atoms with Crippen molar-refractivity contribution in [1.29, 1.82) is 0 Å². The highest BCUT2D eigenvalue weighted by Gasteiger charge is 2.20. The van der Waals surface area contributed by atoms with Crippen molar-refractivity contribution in [3.05, 3.63) is 70.5 Å². The third-order valence-electron chi connectivity index (χ3n) is 5.32. The van der Waals surface area contributed by atoms with Crippen molar-refractivity contribution >= 4 is 62.8 Å². The standard InChI is InChI=1S/C13H14N4O2S.C9H14N4O2S.C6H6BrNO.CH4/c1-3-20-13-16-7-8(12(14)17-13)11(18)10-9(19-2)5-4-6-15-10;1-4-16-9-11-5-6(7(10)12-9)8(14)13(2)15-3;1-9-5-3-2-4-8-6(5)7;/h4-7H,3H2,1-2H3,(H2,14,16,17);5H,4H2,1-3H3,(H2,10,11,12);2-4H,1H3;1H4. The number of thioether (sulfide) groups is 2. The number of aromatic nitrogens is 6. The number of halogens is 1. The first-order chi connectivity index (χ1) is 21.6. The molecule has 0 saturated carbocycles. The normalized spacial score (nSPS) is 9.80. The van der Waals surface area contributed by atoms with Crippen LogP contribution in [0.15, 0.2) is 64.0 Å². The number of nitrogen functional groups attached to an aromatic ring is 2. The average molecular weight is 737 g/mol. The van der Waals surface area contributed by atoms with E-state index < -0.39 is 0 Å². The average Bonchev–Trinajstić information content (AvgIpc) is 3.05. The number of nitrogens with two attached hydrogens (primary N) is 2. The van der Waals surface area contributed by atoms with E-state index in [1.165, 1.54) is 63.4 Å². The largest absolute Gasteiger partial charge is 0.494 e. The lowest BCUT2D eigenvalue weighted by atomic mass is 10.1. The van der Waals surface area contributed by atoms with Gasteiger partial charge < -0.3 is 20.9 Å². The first kappa shape index (κ1) is 40.0. The van der Waals surface area contributed by atoms with Crippen molar-refractivity contribution in [3.63, 3.8) is 0 Å². The molecular formula is C29H38BrN9O5S2. The molecule has 0 unspecified atom stereocenters. The minimum Gasteiger partial charge on any atom is -0.494 e. The first-order valence-electron chi connectivity index (χ1n) is 13.1. The van der Waals surface area contributed by atoms with E-state index in [4.69, 9.17) is 25.8 Å². The summed E-state index contributed by atoms with van der Waals surface area (Å²) in [6.07, 6.45) is 6.07. The van der Waals surface area contributed by atoms with Crippen molar-refractivity contribution in [2.24, 2.45) is 0 Å². The van der Waals surface area contributed by atoms with Crippen molar-refractivity contribution in [2.75, 3.05) is 51.4 Å². The molecule has 0 fully saturated rings. The van der Waals surface area contributed by atoms with Crippen LogP contribution < -0.4 is 20.9 Å². The number of ketones is 1. The molecule has 1 amide bonds. The minimum atomic E-state index is -0.368. The number of methoxy groups -OCH3 is 2. The molecule has 4 N–H and O–H groups in total. The molecule has 0 aromatic carbocycles. The van der Waals surface area contributed by atoms with Gasteiger partial charge in [-0.25, -0.2) is 35.0 Å². The molecule has 0 aliphatic rings. The fourth-order valence-corrected chi connectivity index (χ4v) is 4.63. The second-order valence-electron chi connectivity index (χ2n) is 8.13. The van der Waals surface area contributed by atoms with Crippen LogP contribution in [0.2, 0.25) is 0 Å². The molecule has 0 radical (unpaired) electrons. The Bertz CT molecular complexity index is 1570. The van der Waals surface area contributed by atoms with Crippen LogP contribution in [0.3, 0.4) is 0 Å². The van der Waals surface area contributed by atoms with E-state index in [2.05, 4.69) is 45.8 Å². The lowest BCUT2D eigenvalue weighted by molar-refractivity contribution is -0.0756. The maximum absolute atomic E-state index is 12.4. The summed E-state index contributed by atoms with van der Waals surface area (Å²) in [5, 5.41) is 2.19. The highest BCUT2D eigenvalue weighted by molar-refractivity contribution is 9.10. The van der Waals surface area contributed by atoms with E-state index in [9.17, 15) is 9.59 Å². The van der Waals surface area contributed by atoms with Gasteiger partial charge in [0.1, 0.15) is 27.6 Å². The zero-order chi connectivity index (χ0) is 33.4. The summed E-state index contributed by atoms with van der Waals surface area (Å²) in [6, 6.07) is 7.02. The van der Waals surface area contributed by atoms with E-state index in [1.807, 2.05) is 26.0 Å². The zero-order valence-electron chi connectivity index (χ0n) is 25.6. The monoisotopic (exact) mass is 735 g/mol. The molecule has 4 heterocycles. The van der Waals surface area contributed by atoms with Crippen molar-refractivity contribution in [1.82, 2.24) is 35.0 Å². The van der Waals surface area contributed by atoms with E-state index in [0.717, 1.165) is 26.9 Å². The van der Waals surface area contributed by atoms with Crippen LogP contribution in [0.5, 0.6) is 11.5 Å². The number of nitrogens with zero attached hydrogens (tertiary/aromatic N) is 7. The number of rotatable bonds is 10. The van der Waals surface area contributed by atoms with E-state index >= 15 is 0 Å². The summed E-state index contributed by atoms with van der Waals surface area (Å²) in [6.45, 7) is 3.98. The topological polar surface area (TPSA) is 194 Å². The molecule has 248 valence electrons. The first-order valence-corrected chi connectivity index (χ1v) is 15.9. The predicted octanol–water partition coefficient (Wildman–Crippen LogP) is 5.10. The Hall–Kier alpha value is -4.06. The van der Waals surface area contributed by atoms with Crippen LogP contribution in [0.1, 0.15) is 47.7 Å². The van der Waals surface area contributed by atoms with E-state index in [0.29, 0.717) is 16.1 Å². The third-order valence-corrected chi connectivity index (χ3v) is 7.41. The number of anilines is 2. The third kappa shape index (κ3) is 11.7. The van der Waals surface area contributed by atoms with Crippen LogP contribution in [-0.2, 0) is 4.84 Å². The Morgan fingerprint density at radius 1 is 0.826 bits per heavy atom. The highest BCUT2D eigenvalue weighted by atomic mass is 79.9. The maximum atomic E-state index is 12.4. The molecule has 0 spiro atoms. The van der Waals surface area contributed by atoms with Gasteiger partial charge in [0.15, 0.2) is 21.8 Å². The number of hydrogen-bond donors (Lipinski definition) is 2. The van der Waals surface area contributed by atoms with Crippen molar-refractivity contribution in [3.8, 4) is 11.5 Å². The van der Waals surface area contributed by atoms with Gasteiger partial charge in [0, 0.05) is 31.8 Å². The van der Waals surface area contributed by atoms with Gasteiger partial charge in [-0.3, -0.25) is 14.4 Å². The molecule has 17 heteroatoms. The molecule has 0 atom stereocenters. The summed E-state index contributed by atoms with van der Waals surface area (Å²) in [4.78, 5) is 53.1. The zero-order valence-corrected chi connectivity index (χ0v) is 28.8. The summed E-state index contributed by atoms with van der Waals surface area (Å²) in [5.41, 5.74) is 12.2. The van der Waals surface area contributed by atoms with Crippen LogP contribution in [0.25, 0.3) is 0 Å². The van der Waals surface area contributed by atoms with Gasteiger partial charge in [-0.15, -0.1) is 0 Å². The summed E-state index contributed by atoms with van der Waals surface area (Å²) >= 11 is 6.15. The van der Waals surface area contributed by atoms with Crippen LogP contribution in [0.4, 0.5) is 11.6 Å². The van der Waals surface area contributed by atoms with E-state index in [1.54, 1.807) is 25.4 Å². The highest BCUT2D eigenvalue weighted by Crippen LogP contribution is 2.23. The molecule has 4 rings (SSSR count). The molecule has 0 bridgehead atoms. The smallest absolute Gasteiger partial charge is 0.282 e. The summed E-state index contributed by atoms with van der Waals surface area (Å²) in [5.74, 6) is 2.43. The van der Waals surface area contributed by atoms with Crippen LogP contribution in [-0.4, -0.2) is 86.5 Å². The van der Waals surface area contributed by atoms with Gasteiger partial charge in [-0.1, -0.05) is 44.8 Å². The van der Waals surface area contributed by atoms with Crippen LogP contribution in [0, 0.1) is 0 Å². The molecular weight excluding hydrogens is 698 g/mol. The SMILES string of the molecule is C.CCSc1ncc(C(=O)N(C)OC)c(N)n1.CCSc1ncc(C(=O)c2ncccc2OC)c(N)n1.COc1cccnc1Br. The number of pyridine rings is 2. The number of amides is 1. The van der Waals surface area contributed by atoms with Crippen molar-refractivity contribution in [2.45, 2.75) is 31.6 Å². The fourth-order valence-electron chi connectivity index (χ4n) is 3.12.